The Hall–Kier alpha value is -1.81. The summed E-state index contributed by atoms with van der Waals surface area (Å²) in [5, 5.41) is 9.94. The average molecular weight is 218 g/mol. The van der Waals surface area contributed by atoms with Gasteiger partial charge in [-0.15, -0.1) is 0 Å². The van der Waals surface area contributed by atoms with Crippen LogP contribution in [0.1, 0.15) is 15.9 Å². The second kappa shape index (κ2) is 3.98. The number of fused-ring (bicyclic) bond motifs is 1. The lowest BCUT2D eigenvalue weighted by Crippen LogP contribution is -2.10. The van der Waals surface area contributed by atoms with Gasteiger partial charge in [-0.2, -0.15) is 0 Å². The predicted octanol–water partition coefficient (Wildman–Crippen LogP) is 1.93. The van der Waals surface area contributed by atoms with Crippen molar-refractivity contribution < 1.29 is 9.90 Å². The number of nitrogens with one attached hydrogen (secondary N) is 1. The van der Waals surface area contributed by atoms with E-state index in [9.17, 15) is 4.79 Å². The molecule has 84 valence electrons. The maximum Gasteiger partial charge on any atom is 0.336 e. The van der Waals surface area contributed by atoms with Crippen LogP contribution in [-0.2, 0) is 6.54 Å². The van der Waals surface area contributed by atoms with Gasteiger partial charge < -0.3 is 15.0 Å². The molecule has 2 N–H and O–H groups in total. The number of hydrogen-bond donors (Lipinski definition) is 2. The zero-order valence-corrected chi connectivity index (χ0v) is 9.32. The van der Waals surface area contributed by atoms with Crippen LogP contribution in [0.4, 0.5) is 0 Å². The molecular weight excluding hydrogens is 204 g/mol. The highest BCUT2D eigenvalue weighted by Gasteiger charge is 2.13. The summed E-state index contributed by atoms with van der Waals surface area (Å²) in [4.78, 5) is 16.2. The van der Waals surface area contributed by atoms with Crippen molar-refractivity contribution in [1.29, 1.82) is 0 Å². The smallest absolute Gasteiger partial charge is 0.336 e. The van der Waals surface area contributed by atoms with Gasteiger partial charge in [0.1, 0.15) is 0 Å². The lowest BCUT2D eigenvalue weighted by molar-refractivity contribution is 0.0699. The predicted molar refractivity (Wildman–Crippen MR) is 62.6 cm³/mol. The van der Waals surface area contributed by atoms with Crippen LogP contribution >= 0.6 is 0 Å². The first-order valence-corrected chi connectivity index (χ1v) is 5.06. The zero-order chi connectivity index (χ0) is 11.7. The molecule has 4 nitrogen and oxygen atoms in total. The van der Waals surface area contributed by atoms with Crippen molar-refractivity contribution in [2.75, 3.05) is 14.1 Å². The summed E-state index contributed by atoms with van der Waals surface area (Å²) in [6.45, 7) is 0.726. The number of benzene rings is 1. The fourth-order valence-electron chi connectivity index (χ4n) is 1.90. The molecular formula is C12H14N2O2. The van der Waals surface area contributed by atoms with E-state index in [0.29, 0.717) is 5.56 Å². The van der Waals surface area contributed by atoms with E-state index >= 15 is 0 Å². The molecule has 1 aromatic carbocycles. The molecule has 16 heavy (non-hydrogen) atoms. The van der Waals surface area contributed by atoms with Gasteiger partial charge in [0.15, 0.2) is 0 Å². The Morgan fingerprint density at radius 2 is 2.19 bits per heavy atom. The Balaban J connectivity index is 2.63. The summed E-state index contributed by atoms with van der Waals surface area (Å²) in [6, 6.07) is 5.28. The maximum atomic E-state index is 11.1. The first kappa shape index (κ1) is 10.7. The van der Waals surface area contributed by atoms with Gasteiger partial charge in [0.05, 0.1) is 5.56 Å². The fourth-order valence-corrected chi connectivity index (χ4v) is 1.90. The highest BCUT2D eigenvalue weighted by atomic mass is 16.4. The first-order valence-electron chi connectivity index (χ1n) is 5.06. The molecule has 0 aliphatic rings. The minimum Gasteiger partial charge on any atom is -0.478 e. The molecule has 0 saturated heterocycles. The lowest BCUT2D eigenvalue weighted by atomic mass is 10.1. The number of H-pyrrole nitrogens is 1. The minimum absolute atomic E-state index is 0.357. The molecule has 0 radical (unpaired) electrons. The fraction of sp³-hybridized carbons (Fsp3) is 0.250. The number of carboxylic acid groups (broad SMARTS) is 1. The summed E-state index contributed by atoms with van der Waals surface area (Å²) in [6.07, 6.45) is 1.87. The molecule has 4 heteroatoms. The van der Waals surface area contributed by atoms with Gasteiger partial charge in [0, 0.05) is 23.6 Å². The minimum atomic E-state index is -0.884. The molecule has 0 aliphatic carbocycles. The van der Waals surface area contributed by atoms with Gasteiger partial charge in [0.2, 0.25) is 0 Å². The van der Waals surface area contributed by atoms with E-state index in [2.05, 4.69) is 4.98 Å². The molecule has 0 atom stereocenters. The Morgan fingerprint density at radius 1 is 1.44 bits per heavy atom. The van der Waals surface area contributed by atoms with E-state index in [0.717, 1.165) is 23.0 Å². The van der Waals surface area contributed by atoms with E-state index in [1.165, 1.54) is 0 Å². The monoisotopic (exact) mass is 218 g/mol. The van der Waals surface area contributed by atoms with Crippen LogP contribution in [0.25, 0.3) is 10.9 Å². The van der Waals surface area contributed by atoms with E-state index in [1.54, 1.807) is 12.1 Å². The number of carboxylic acids is 1. The number of nitrogens with zero attached hydrogens (tertiary/aromatic N) is 1. The Labute approximate surface area is 93.5 Å². The first-order chi connectivity index (χ1) is 7.59. The molecule has 0 aliphatic heterocycles. The molecule has 0 unspecified atom stereocenters. The van der Waals surface area contributed by atoms with Crippen molar-refractivity contribution in [3.63, 3.8) is 0 Å². The van der Waals surface area contributed by atoms with E-state index in [1.807, 2.05) is 31.3 Å². The number of aromatic carboxylic acids is 1. The number of aromatic nitrogens is 1. The normalized spacial score (nSPS) is 11.2. The van der Waals surface area contributed by atoms with E-state index in [-0.39, 0.29) is 0 Å². The summed E-state index contributed by atoms with van der Waals surface area (Å²) in [5.74, 6) is -0.884. The van der Waals surface area contributed by atoms with Gasteiger partial charge in [-0.1, -0.05) is 6.07 Å². The van der Waals surface area contributed by atoms with Gasteiger partial charge in [-0.05, 0) is 31.8 Å². The number of carbonyl (C=O) groups is 1. The molecule has 0 spiro atoms. The molecule has 1 heterocycles. The third-order valence-corrected chi connectivity index (χ3v) is 2.50. The largest absolute Gasteiger partial charge is 0.478 e. The molecule has 2 rings (SSSR count). The van der Waals surface area contributed by atoms with Crippen LogP contribution in [0, 0.1) is 0 Å². The van der Waals surface area contributed by atoms with Gasteiger partial charge >= 0.3 is 5.97 Å². The van der Waals surface area contributed by atoms with Crippen LogP contribution in [0.2, 0.25) is 0 Å². The van der Waals surface area contributed by atoms with Crippen molar-refractivity contribution in [2.45, 2.75) is 6.54 Å². The standard InChI is InChI=1S/C12H14N2O2/c1-14(2)7-8-6-13-10-5-3-4-9(11(8)10)12(15)16/h3-6,13H,7H2,1-2H3,(H,15,16). The highest BCUT2D eigenvalue weighted by Crippen LogP contribution is 2.23. The Bertz CT molecular complexity index is 529. The van der Waals surface area contributed by atoms with Gasteiger partial charge in [-0.25, -0.2) is 4.79 Å². The van der Waals surface area contributed by atoms with Crippen molar-refractivity contribution in [3.05, 3.63) is 35.5 Å². The quantitative estimate of drug-likeness (QED) is 0.827. The third-order valence-electron chi connectivity index (χ3n) is 2.50. The molecule has 0 bridgehead atoms. The second-order valence-electron chi connectivity index (χ2n) is 4.08. The van der Waals surface area contributed by atoms with Crippen LogP contribution < -0.4 is 0 Å². The third kappa shape index (κ3) is 1.79. The average Bonchev–Trinajstić information content (AvgIpc) is 2.60. The maximum absolute atomic E-state index is 11.1. The van der Waals surface area contributed by atoms with Crippen molar-refractivity contribution in [1.82, 2.24) is 9.88 Å². The summed E-state index contributed by atoms with van der Waals surface area (Å²) in [7, 11) is 3.92. The zero-order valence-electron chi connectivity index (χ0n) is 9.32. The molecule has 0 saturated carbocycles. The lowest BCUT2D eigenvalue weighted by Gasteiger charge is -2.09. The summed E-state index contributed by atoms with van der Waals surface area (Å²) in [5.41, 5.74) is 2.24. The van der Waals surface area contributed by atoms with Crippen molar-refractivity contribution in [2.24, 2.45) is 0 Å². The van der Waals surface area contributed by atoms with Gasteiger partial charge in [0.25, 0.3) is 0 Å². The Morgan fingerprint density at radius 3 is 2.81 bits per heavy atom. The topological polar surface area (TPSA) is 56.3 Å². The molecule has 0 amide bonds. The Kier molecular flexibility index (Phi) is 2.66. The number of aromatic amines is 1. The molecule has 1 aromatic heterocycles. The van der Waals surface area contributed by atoms with Crippen molar-refractivity contribution in [3.8, 4) is 0 Å². The highest BCUT2D eigenvalue weighted by molar-refractivity contribution is 6.04. The second-order valence-corrected chi connectivity index (χ2v) is 4.08. The SMILES string of the molecule is CN(C)Cc1c[nH]c2cccc(C(=O)O)c12. The van der Waals surface area contributed by atoms with Crippen molar-refractivity contribution >= 4 is 16.9 Å². The van der Waals surface area contributed by atoms with E-state index in [4.69, 9.17) is 5.11 Å². The van der Waals surface area contributed by atoms with Crippen LogP contribution in [0.15, 0.2) is 24.4 Å². The van der Waals surface area contributed by atoms with E-state index < -0.39 is 5.97 Å². The van der Waals surface area contributed by atoms with Crippen LogP contribution in [-0.4, -0.2) is 35.1 Å². The molecule has 0 fully saturated rings. The summed E-state index contributed by atoms with van der Waals surface area (Å²) >= 11 is 0. The van der Waals surface area contributed by atoms with Crippen LogP contribution in [0.3, 0.4) is 0 Å². The molecule has 2 aromatic rings. The number of rotatable bonds is 3. The van der Waals surface area contributed by atoms with Gasteiger partial charge in [-0.3, -0.25) is 0 Å². The van der Waals surface area contributed by atoms with Crippen LogP contribution in [0.5, 0.6) is 0 Å². The number of hydrogen-bond acceptors (Lipinski definition) is 2. The summed E-state index contributed by atoms with van der Waals surface area (Å²) < 4.78 is 0.